The van der Waals surface area contributed by atoms with Crippen molar-refractivity contribution < 1.29 is 5.11 Å². The second kappa shape index (κ2) is 6.55. The molecule has 0 aromatic rings. The maximum atomic E-state index is 11.1. The highest BCUT2D eigenvalue weighted by atomic mass is 16.3. The van der Waals surface area contributed by atoms with Crippen molar-refractivity contribution in [3.05, 3.63) is 0 Å². The summed E-state index contributed by atoms with van der Waals surface area (Å²) in [4.78, 5) is 2.23. The van der Waals surface area contributed by atoms with Crippen LogP contribution >= 0.6 is 0 Å². The Morgan fingerprint density at radius 1 is 1.21 bits per heavy atom. The number of rotatable bonds is 5. The Morgan fingerprint density at radius 3 is 2.68 bits per heavy atom. The van der Waals surface area contributed by atoms with Gasteiger partial charge in [0.05, 0.1) is 5.60 Å². The van der Waals surface area contributed by atoms with Crippen molar-refractivity contribution >= 4 is 0 Å². The maximum absolute atomic E-state index is 11.1. The second-order valence-corrected chi connectivity index (χ2v) is 7.13. The monoisotopic (exact) mass is 268 g/mol. The first-order valence-corrected chi connectivity index (χ1v) is 8.14. The standard InChI is InChI=1S/C16H32N2O/c1-13-12-16(19,10-6-7-11-18(2)3)14-8-4-5-9-15(14)17-13/h13-15,17,19H,4-12H2,1-3H3. The third-order valence-electron chi connectivity index (χ3n) is 5.08. The van der Waals surface area contributed by atoms with Crippen molar-refractivity contribution in [3.8, 4) is 0 Å². The van der Waals surface area contributed by atoms with Gasteiger partial charge in [-0.05, 0) is 66.1 Å². The summed E-state index contributed by atoms with van der Waals surface area (Å²) in [6.07, 6.45) is 9.40. The van der Waals surface area contributed by atoms with Gasteiger partial charge in [-0.25, -0.2) is 0 Å². The van der Waals surface area contributed by atoms with Gasteiger partial charge in [0.2, 0.25) is 0 Å². The number of aliphatic hydroxyl groups is 1. The number of hydrogen-bond acceptors (Lipinski definition) is 3. The number of nitrogens with zero attached hydrogens (tertiary/aromatic N) is 1. The predicted octanol–water partition coefficient (Wildman–Crippen LogP) is 2.39. The van der Waals surface area contributed by atoms with Crippen LogP contribution in [0.25, 0.3) is 0 Å². The van der Waals surface area contributed by atoms with Gasteiger partial charge in [-0.2, -0.15) is 0 Å². The summed E-state index contributed by atoms with van der Waals surface area (Å²) >= 11 is 0. The minimum absolute atomic E-state index is 0.401. The van der Waals surface area contributed by atoms with Gasteiger partial charge in [0, 0.05) is 18.0 Å². The van der Waals surface area contributed by atoms with Gasteiger partial charge in [-0.15, -0.1) is 0 Å². The van der Waals surface area contributed by atoms with Crippen LogP contribution in [0, 0.1) is 5.92 Å². The molecule has 1 saturated carbocycles. The van der Waals surface area contributed by atoms with Gasteiger partial charge in [0.25, 0.3) is 0 Å². The van der Waals surface area contributed by atoms with Gasteiger partial charge >= 0.3 is 0 Å². The van der Waals surface area contributed by atoms with E-state index in [4.69, 9.17) is 0 Å². The third kappa shape index (κ3) is 3.93. The van der Waals surface area contributed by atoms with E-state index >= 15 is 0 Å². The van der Waals surface area contributed by atoms with Crippen molar-refractivity contribution in [1.29, 1.82) is 0 Å². The van der Waals surface area contributed by atoms with Crippen molar-refractivity contribution in [2.75, 3.05) is 20.6 Å². The molecule has 2 N–H and O–H groups in total. The van der Waals surface area contributed by atoms with E-state index in [9.17, 15) is 5.11 Å². The van der Waals surface area contributed by atoms with Crippen LogP contribution < -0.4 is 5.32 Å². The van der Waals surface area contributed by atoms with E-state index in [-0.39, 0.29) is 0 Å². The highest BCUT2D eigenvalue weighted by Gasteiger charge is 2.46. The van der Waals surface area contributed by atoms with Crippen LogP contribution in [0.5, 0.6) is 0 Å². The third-order valence-corrected chi connectivity index (χ3v) is 5.08. The van der Waals surface area contributed by atoms with E-state index in [1.165, 1.54) is 32.1 Å². The molecule has 0 amide bonds. The van der Waals surface area contributed by atoms with E-state index in [0.717, 1.165) is 25.8 Å². The quantitative estimate of drug-likeness (QED) is 0.752. The lowest BCUT2D eigenvalue weighted by Gasteiger charge is -2.50. The Bertz CT molecular complexity index is 282. The highest BCUT2D eigenvalue weighted by Crippen LogP contribution is 2.41. The van der Waals surface area contributed by atoms with Crippen LogP contribution in [-0.4, -0.2) is 48.3 Å². The number of piperidine rings is 1. The van der Waals surface area contributed by atoms with Gasteiger partial charge in [0.15, 0.2) is 0 Å². The molecule has 112 valence electrons. The zero-order valence-corrected chi connectivity index (χ0v) is 13.0. The average molecular weight is 268 g/mol. The van der Waals surface area contributed by atoms with E-state index in [1.54, 1.807) is 0 Å². The summed E-state index contributed by atoms with van der Waals surface area (Å²) < 4.78 is 0. The number of hydrogen-bond donors (Lipinski definition) is 2. The molecular formula is C16H32N2O. The average Bonchev–Trinajstić information content (AvgIpc) is 2.34. The highest BCUT2D eigenvalue weighted by molar-refractivity contribution is 5.01. The summed E-state index contributed by atoms with van der Waals surface area (Å²) in [5.74, 6) is 0.497. The minimum Gasteiger partial charge on any atom is -0.389 e. The SMILES string of the molecule is CC1CC(O)(CCCCN(C)C)C2CCCCC2N1. The molecule has 0 radical (unpaired) electrons. The molecule has 2 aliphatic rings. The summed E-state index contributed by atoms with van der Waals surface area (Å²) in [7, 11) is 4.25. The first-order chi connectivity index (χ1) is 9.01. The summed E-state index contributed by atoms with van der Waals surface area (Å²) in [5.41, 5.74) is -0.401. The van der Waals surface area contributed by atoms with Crippen LogP contribution in [0.3, 0.4) is 0 Å². The predicted molar refractivity (Wildman–Crippen MR) is 80.3 cm³/mol. The van der Waals surface area contributed by atoms with Crippen molar-refractivity contribution in [2.45, 2.75) is 76.0 Å². The zero-order chi connectivity index (χ0) is 13.9. The van der Waals surface area contributed by atoms with Crippen molar-refractivity contribution in [1.82, 2.24) is 10.2 Å². The van der Waals surface area contributed by atoms with Gasteiger partial charge in [-0.3, -0.25) is 0 Å². The Balaban J connectivity index is 1.90. The lowest BCUT2D eigenvalue weighted by atomic mass is 9.66. The summed E-state index contributed by atoms with van der Waals surface area (Å²) in [6.45, 7) is 3.37. The fourth-order valence-corrected chi connectivity index (χ4v) is 4.23. The van der Waals surface area contributed by atoms with Gasteiger partial charge in [0.1, 0.15) is 0 Å². The normalized spacial score (nSPS) is 39.3. The first kappa shape index (κ1) is 15.3. The smallest absolute Gasteiger partial charge is 0.0705 e. The van der Waals surface area contributed by atoms with Crippen LogP contribution in [0.15, 0.2) is 0 Å². The van der Waals surface area contributed by atoms with Crippen molar-refractivity contribution in [2.24, 2.45) is 5.92 Å². The fraction of sp³-hybridized carbons (Fsp3) is 1.00. The van der Waals surface area contributed by atoms with Gasteiger partial charge < -0.3 is 15.3 Å². The Kier molecular flexibility index (Phi) is 5.27. The molecule has 1 saturated heterocycles. The molecule has 0 bridgehead atoms. The first-order valence-electron chi connectivity index (χ1n) is 8.14. The minimum atomic E-state index is -0.401. The number of nitrogens with one attached hydrogen (secondary N) is 1. The molecule has 0 aromatic carbocycles. The summed E-state index contributed by atoms with van der Waals surface area (Å²) in [6, 6.07) is 1.04. The molecule has 2 fully saturated rings. The largest absolute Gasteiger partial charge is 0.389 e. The maximum Gasteiger partial charge on any atom is 0.0705 e. The van der Waals surface area contributed by atoms with Gasteiger partial charge in [-0.1, -0.05) is 12.8 Å². The number of unbranched alkanes of at least 4 members (excludes halogenated alkanes) is 1. The molecule has 0 aromatic heterocycles. The van der Waals surface area contributed by atoms with Crippen LogP contribution in [-0.2, 0) is 0 Å². The van der Waals surface area contributed by atoms with Crippen LogP contribution in [0.4, 0.5) is 0 Å². The Morgan fingerprint density at radius 2 is 1.95 bits per heavy atom. The van der Waals surface area contributed by atoms with E-state index < -0.39 is 5.60 Å². The molecular weight excluding hydrogens is 236 g/mol. The molecule has 2 rings (SSSR count). The van der Waals surface area contributed by atoms with E-state index in [2.05, 4.69) is 31.2 Å². The second-order valence-electron chi connectivity index (χ2n) is 7.13. The van der Waals surface area contributed by atoms with E-state index in [1.807, 2.05) is 0 Å². The number of fused-ring (bicyclic) bond motifs is 1. The summed E-state index contributed by atoms with van der Waals surface area (Å²) in [5, 5.41) is 14.9. The lowest BCUT2D eigenvalue weighted by molar-refractivity contribution is -0.0902. The molecule has 3 heteroatoms. The molecule has 1 aliphatic carbocycles. The fourth-order valence-electron chi connectivity index (χ4n) is 4.23. The van der Waals surface area contributed by atoms with Crippen molar-refractivity contribution in [3.63, 3.8) is 0 Å². The Labute approximate surface area is 118 Å². The van der Waals surface area contributed by atoms with Crippen LogP contribution in [0.2, 0.25) is 0 Å². The molecule has 19 heavy (non-hydrogen) atoms. The zero-order valence-electron chi connectivity index (χ0n) is 13.0. The van der Waals surface area contributed by atoms with E-state index in [0.29, 0.717) is 18.0 Å². The topological polar surface area (TPSA) is 35.5 Å². The molecule has 0 spiro atoms. The Hall–Kier alpha value is -0.120. The molecule has 1 aliphatic heterocycles. The molecule has 4 unspecified atom stereocenters. The molecule has 1 heterocycles. The lowest BCUT2D eigenvalue weighted by Crippen LogP contribution is -2.60. The van der Waals surface area contributed by atoms with Crippen LogP contribution in [0.1, 0.15) is 58.3 Å². The molecule has 4 atom stereocenters. The molecule has 3 nitrogen and oxygen atoms in total.